The third-order valence-corrected chi connectivity index (χ3v) is 3.78. The van der Waals surface area contributed by atoms with Crippen LogP contribution >= 0.6 is 22.6 Å². The summed E-state index contributed by atoms with van der Waals surface area (Å²) in [5.41, 5.74) is 2.20. The Balaban J connectivity index is 1.94. The van der Waals surface area contributed by atoms with Crippen LogP contribution in [0.4, 0.5) is 0 Å². The zero-order valence-electron chi connectivity index (χ0n) is 10.9. The fraction of sp³-hybridized carbons (Fsp3) is 0.286. The topological polar surface area (TPSA) is 35.6 Å². The van der Waals surface area contributed by atoms with Crippen molar-refractivity contribution in [3.8, 4) is 0 Å². The Hall–Kier alpha value is -1.37. The Labute approximate surface area is 125 Å². The minimum absolute atomic E-state index is 0.393. The number of hydrogen-bond donors (Lipinski definition) is 0. The molecular formula is C14H15IN4. The van der Waals surface area contributed by atoms with Crippen molar-refractivity contribution in [2.45, 2.75) is 26.4 Å². The molecule has 0 aliphatic rings. The minimum atomic E-state index is 0.393. The standard InChI is InChI=1S/C14H15IN4/c1-10(2)18-6-5-13(17-18)9-19-14-7-12(15)4-3-11(14)8-16-19/h3-8,10H,9H2,1-2H3. The smallest absolute Gasteiger partial charge is 0.0857 e. The summed E-state index contributed by atoms with van der Waals surface area (Å²) in [5, 5.41) is 10.2. The van der Waals surface area contributed by atoms with Gasteiger partial charge >= 0.3 is 0 Å². The first-order chi connectivity index (χ1) is 9.13. The minimum Gasteiger partial charge on any atom is -0.270 e. The molecule has 5 heteroatoms. The second-order valence-electron chi connectivity index (χ2n) is 4.89. The van der Waals surface area contributed by atoms with Crippen molar-refractivity contribution >= 4 is 33.5 Å². The van der Waals surface area contributed by atoms with Gasteiger partial charge in [0.15, 0.2) is 0 Å². The van der Waals surface area contributed by atoms with E-state index in [1.807, 2.05) is 21.8 Å². The van der Waals surface area contributed by atoms with Crippen molar-refractivity contribution in [3.05, 3.63) is 45.9 Å². The molecule has 0 N–H and O–H groups in total. The van der Waals surface area contributed by atoms with Crippen molar-refractivity contribution in [3.63, 3.8) is 0 Å². The molecule has 0 spiro atoms. The van der Waals surface area contributed by atoms with E-state index in [-0.39, 0.29) is 0 Å². The summed E-state index contributed by atoms with van der Waals surface area (Å²) in [6, 6.07) is 8.81. The third kappa shape index (κ3) is 2.51. The number of hydrogen-bond acceptors (Lipinski definition) is 2. The molecule has 0 aliphatic heterocycles. The van der Waals surface area contributed by atoms with Gasteiger partial charge in [-0.25, -0.2) is 0 Å². The van der Waals surface area contributed by atoms with E-state index >= 15 is 0 Å². The van der Waals surface area contributed by atoms with E-state index in [9.17, 15) is 0 Å². The number of fused-ring (bicyclic) bond motifs is 1. The van der Waals surface area contributed by atoms with E-state index in [1.54, 1.807) is 0 Å². The Morgan fingerprint density at radius 3 is 2.84 bits per heavy atom. The van der Waals surface area contributed by atoms with E-state index in [0.717, 1.165) is 11.2 Å². The van der Waals surface area contributed by atoms with Crippen molar-refractivity contribution in [2.24, 2.45) is 0 Å². The van der Waals surface area contributed by atoms with Gasteiger partial charge in [0.2, 0.25) is 0 Å². The molecule has 1 aromatic carbocycles. The van der Waals surface area contributed by atoms with Crippen LogP contribution in [-0.2, 0) is 6.54 Å². The number of rotatable bonds is 3. The average Bonchev–Trinajstić information content (AvgIpc) is 2.98. The van der Waals surface area contributed by atoms with Gasteiger partial charge in [-0.2, -0.15) is 10.2 Å². The molecule has 0 saturated carbocycles. The highest BCUT2D eigenvalue weighted by Gasteiger charge is 2.07. The molecule has 98 valence electrons. The maximum atomic E-state index is 4.57. The molecule has 0 radical (unpaired) electrons. The zero-order valence-corrected chi connectivity index (χ0v) is 13.1. The lowest BCUT2D eigenvalue weighted by Gasteiger charge is -2.04. The van der Waals surface area contributed by atoms with Gasteiger partial charge < -0.3 is 0 Å². The molecule has 2 aromatic heterocycles. The van der Waals surface area contributed by atoms with Gasteiger partial charge in [0.25, 0.3) is 0 Å². The van der Waals surface area contributed by atoms with Crippen LogP contribution in [0.3, 0.4) is 0 Å². The van der Waals surface area contributed by atoms with Crippen LogP contribution in [0.25, 0.3) is 10.9 Å². The zero-order chi connectivity index (χ0) is 13.4. The van der Waals surface area contributed by atoms with Crippen molar-refractivity contribution < 1.29 is 0 Å². The second kappa shape index (κ2) is 4.96. The van der Waals surface area contributed by atoms with Gasteiger partial charge in [-0.3, -0.25) is 9.36 Å². The van der Waals surface area contributed by atoms with Gasteiger partial charge in [-0.1, -0.05) is 6.07 Å². The molecule has 3 rings (SSSR count). The summed E-state index contributed by atoms with van der Waals surface area (Å²) in [7, 11) is 0. The van der Waals surface area contributed by atoms with Crippen LogP contribution < -0.4 is 0 Å². The molecule has 0 unspecified atom stereocenters. The van der Waals surface area contributed by atoms with E-state index in [1.165, 1.54) is 8.96 Å². The molecule has 0 aliphatic carbocycles. The first-order valence-electron chi connectivity index (χ1n) is 6.28. The highest BCUT2D eigenvalue weighted by Crippen LogP contribution is 2.18. The molecule has 0 saturated heterocycles. The number of nitrogens with zero attached hydrogens (tertiary/aromatic N) is 4. The fourth-order valence-corrected chi connectivity index (χ4v) is 2.55. The SMILES string of the molecule is CC(C)n1ccc(Cn2ncc3ccc(I)cc32)n1. The largest absolute Gasteiger partial charge is 0.270 e. The second-order valence-corrected chi connectivity index (χ2v) is 6.13. The number of aromatic nitrogens is 4. The van der Waals surface area contributed by atoms with E-state index in [2.05, 4.69) is 70.9 Å². The molecule has 0 atom stereocenters. The lowest BCUT2D eigenvalue weighted by atomic mass is 10.2. The Morgan fingerprint density at radius 2 is 2.11 bits per heavy atom. The van der Waals surface area contributed by atoms with Crippen LogP contribution in [0.2, 0.25) is 0 Å². The monoisotopic (exact) mass is 366 g/mol. The molecule has 0 bridgehead atoms. The first kappa shape index (κ1) is 12.7. The van der Waals surface area contributed by atoms with Crippen LogP contribution in [-0.4, -0.2) is 19.6 Å². The van der Waals surface area contributed by atoms with E-state index in [0.29, 0.717) is 12.6 Å². The number of halogens is 1. The highest BCUT2D eigenvalue weighted by atomic mass is 127. The summed E-state index contributed by atoms with van der Waals surface area (Å²) < 4.78 is 5.20. The van der Waals surface area contributed by atoms with Gasteiger partial charge in [0.05, 0.1) is 24.0 Å². The highest BCUT2D eigenvalue weighted by molar-refractivity contribution is 14.1. The summed E-state index contributed by atoms with van der Waals surface area (Å²) in [6.07, 6.45) is 3.93. The molecule has 0 fully saturated rings. The molecule has 2 heterocycles. The van der Waals surface area contributed by atoms with Crippen molar-refractivity contribution in [1.29, 1.82) is 0 Å². The van der Waals surface area contributed by atoms with Crippen molar-refractivity contribution in [2.75, 3.05) is 0 Å². The Morgan fingerprint density at radius 1 is 1.26 bits per heavy atom. The summed E-state index contributed by atoms with van der Waals surface area (Å²) in [5.74, 6) is 0. The third-order valence-electron chi connectivity index (χ3n) is 3.11. The average molecular weight is 366 g/mol. The molecule has 19 heavy (non-hydrogen) atoms. The normalized spacial score (nSPS) is 11.6. The summed E-state index contributed by atoms with van der Waals surface area (Å²) >= 11 is 2.33. The van der Waals surface area contributed by atoms with Gasteiger partial charge in [-0.05, 0) is 54.6 Å². The number of benzene rings is 1. The Bertz CT molecular complexity index is 711. The van der Waals surface area contributed by atoms with Crippen LogP contribution in [0, 0.1) is 3.57 Å². The van der Waals surface area contributed by atoms with Gasteiger partial charge in [0, 0.05) is 21.2 Å². The summed E-state index contributed by atoms with van der Waals surface area (Å²) in [6.45, 7) is 4.97. The Kier molecular flexibility index (Phi) is 3.30. The quantitative estimate of drug-likeness (QED) is 0.666. The molecule has 0 amide bonds. The summed E-state index contributed by atoms with van der Waals surface area (Å²) in [4.78, 5) is 0. The van der Waals surface area contributed by atoms with Crippen LogP contribution in [0.15, 0.2) is 36.7 Å². The molecular weight excluding hydrogens is 351 g/mol. The van der Waals surface area contributed by atoms with Gasteiger partial charge in [0.1, 0.15) is 0 Å². The lowest BCUT2D eigenvalue weighted by molar-refractivity contribution is 0.522. The van der Waals surface area contributed by atoms with Gasteiger partial charge in [-0.15, -0.1) is 0 Å². The fourth-order valence-electron chi connectivity index (χ4n) is 2.07. The molecule has 3 aromatic rings. The predicted octanol–water partition coefficient (Wildman–Crippen LogP) is 3.47. The van der Waals surface area contributed by atoms with Crippen molar-refractivity contribution in [1.82, 2.24) is 19.6 Å². The van der Waals surface area contributed by atoms with Crippen LogP contribution in [0.5, 0.6) is 0 Å². The first-order valence-corrected chi connectivity index (χ1v) is 7.36. The maximum Gasteiger partial charge on any atom is 0.0857 e. The maximum absolute atomic E-state index is 4.57. The van der Waals surface area contributed by atoms with Crippen LogP contribution in [0.1, 0.15) is 25.6 Å². The lowest BCUT2D eigenvalue weighted by Crippen LogP contribution is -2.05. The molecule has 4 nitrogen and oxygen atoms in total. The van der Waals surface area contributed by atoms with E-state index < -0.39 is 0 Å². The predicted molar refractivity (Wildman–Crippen MR) is 84.2 cm³/mol. The van der Waals surface area contributed by atoms with E-state index in [4.69, 9.17) is 0 Å².